The monoisotopic (exact) mass is 201 g/mol. The van der Waals surface area contributed by atoms with E-state index in [2.05, 4.69) is 25.7 Å². The Hall–Kier alpha value is -0.370. The average Bonchev–Trinajstić information content (AvgIpc) is 2.20. The molecule has 1 atom stereocenters. The molecule has 0 aromatic rings. The predicted octanol–water partition coefficient (Wildman–Crippen LogP) is 3.76. The molecule has 0 aliphatic carbocycles. The highest BCUT2D eigenvalue weighted by molar-refractivity contribution is 5.05. The van der Waals surface area contributed by atoms with Gasteiger partial charge in [0.2, 0.25) is 0 Å². The van der Waals surface area contributed by atoms with Crippen molar-refractivity contribution < 1.29 is 4.39 Å². The van der Waals surface area contributed by atoms with E-state index in [1.807, 2.05) is 13.8 Å². The lowest BCUT2D eigenvalue weighted by atomic mass is 10.0. The molecule has 0 radical (unpaired) electrons. The molecule has 1 aliphatic heterocycles. The summed E-state index contributed by atoms with van der Waals surface area (Å²) in [5.41, 5.74) is 0. The van der Waals surface area contributed by atoms with Gasteiger partial charge in [0.1, 0.15) is 0 Å². The minimum atomic E-state index is 0.0683. The molecule has 0 saturated heterocycles. The van der Waals surface area contributed by atoms with Gasteiger partial charge in [-0.1, -0.05) is 20.8 Å². The van der Waals surface area contributed by atoms with Crippen molar-refractivity contribution in [3.63, 3.8) is 0 Å². The van der Waals surface area contributed by atoms with Crippen LogP contribution in [-0.2, 0) is 0 Å². The predicted molar refractivity (Wildman–Crippen MR) is 61.1 cm³/mol. The molecule has 0 fully saturated rings. The van der Waals surface area contributed by atoms with Crippen LogP contribution in [0.15, 0.2) is 11.9 Å². The third-order valence-corrected chi connectivity index (χ3v) is 2.49. The van der Waals surface area contributed by atoms with Crippen molar-refractivity contribution in [2.45, 2.75) is 59.5 Å². The van der Waals surface area contributed by atoms with E-state index in [0.717, 1.165) is 13.0 Å². The second-order valence-corrected chi connectivity index (χ2v) is 3.67. The summed E-state index contributed by atoms with van der Waals surface area (Å²) in [7, 11) is 0. The summed E-state index contributed by atoms with van der Waals surface area (Å²) < 4.78 is 12.9. The van der Waals surface area contributed by atoms with Crippen LogP contribution in [0.2, 0.25) is 0 Å². The van der Waals surface area contributed by atoms with Crippen LogP contribution in [0.25, 0.3) is 0 Å². The molecule has 14 heavy (non-hydrogen) atoms. The van der Waals surface area contributed by atoms with Crippen LogP contribution in [0.1, 0.15) is 47.5 Å². The van der Waals surface area contributed by atoms with Crippen molar-refractivity contribution >= 4 is 0 Å². The van der Waals surface area contributed by atoms with Gasteiger partial charge >= 0.3 is 0 Å². The van der Waals surface area contributed by atoms with E-state index in [1.165, 1.54) is 0 Å². The van der Waals surface area contributed by atoms with Crippen molar-refractivity contribution in [3.05, 3.63) is 11.9 Å². The second-order valence-electron chi connectivity index (χ2n) is 3.67. The Morgan fingerprint density at radius 1 is 1.50 bits per heavy atom. The molecule has 0 aromatic heterocycles. The van der Waals surface area contributed by atoms with Gasteiger partial charge in [-0.05, 0) is 26.3 Å². The first-order valence-electron chi connectivity index (χ1n) is 5.77. The summed E-state index contributed by atoms with van der Waals surface area (Å²) in [6, 6.07) is 0.845. The highest BCUT2D eigenvalue weighted by Gasteiger charge is 2.22. The standard InChI is InChI=1S/C10H18FN.C2H6/c1-4-10-7-9(11)5-6-12(10)8(2)3;1-2/h7-8,10H,4-6H2,1-3H3;1-2H3. The van der Waals surface area contributed by atoms with E-state index < -0.39 is 0 Å². The molecular weight excluding hydrogens is 177 g/mol. The zero-order valence-corrected chi connectivity index (χ0v) is 10.2. The minimum absolute atomic E-state index is 0.0683. The molecule has 1 nitrogen and oxygen atoms in total. The van der Waals surface area contributed by atoms with Crippen molar-refractivity contribution in [2.24, 2.45) is 0 Å². The van der Waals surface area contributed by atoms with Crippen molar-refractivity contribution in [1.82, 2.24) is 4.90 Å². The molecule has 0 saturated carbocycles. The fourth-order valence-electron chi connectivity index (χ4n) is 1.78. The van der Waals surface area contributed by atoms with Crippen molar-refractivity contribution in [3.8, 4) is 0 Å². The van der Waals surface area contributed by atoms with Gasteiger partial charge in [0.25, 0.3) is 0 Å². The van der Waals surface area contributed by atoms with E-state index in [9.17, 15) is 4.39 Å². The number of rotatable bonds is 2. The van der Waals surface area contributed by atoms with Crippen LogP contribution < -0.4 is 0 Å². The lowest BCUT2D eigenvalue weighted by molar-refractivity contribution is 0.162. The van der Waals surface area contributed by atoms with Crippen LogP contribution in [0.3, 0.4) is 0 Å². The van der Waals surface area contributed by atoms with E-state index in [1.54, 1.807) is 6.08 Å². The lowest BCUT2D eigenvalue weighted by Gasteiger charge is -2.35. The zero-order valence-electron chi connectivity index (χ0n) is 10.2. The number of hydrogen-bond acceptors (Lipinski definition) is 1. The number of halogens is 1. The van der Waals surface area contributed by atoms with Gasteiger partial charge in [-0.2, -0.15) is 0 Å². The Morgan fingerprint density at radius 3 is 2.50 bits per heavy atom. The summed E-state index contributed by atoms with van der Waals surface area (Å²) in [5.74, 6) is 0.0683. The summed E-state index contributed by atoms with van der Waals surface area (Å²) >= 11 is 0. The number of nitrogens with zero attached hydrogens (tertiary/aromatic N) is 1. The van der Waals surface area contributed by atoms with Gasteiger partial charge in [-0.25, -0.2) is 4.39 Å². The molecule has 1 unspecified atom stereocenters. The molecule has 1 rings (SSSR count). The fourth-order valence-corrected chi connectivity index (χ4v) is 1.78. The third-order valence-electron chi connectivity index (χ3n) is 2.49. The molecule has 0 amide bonds. The van der Waals surface area contributed by atoms with Crippen molar-refractivity contribution in [1.29, 1.82) is 0 Å². The van der Waals surface area contributed by atoms with Crippen LogP contribution in [0.5, 0.6) is 0 Å². The van der Waals surface area contributed by atoms with E-state index in [0.29, 0.717) is 18.5 Å². The Balaban J connectivity index is 0.000000791. The van der Waals surface area contributed by atoms with Crippen LogP contribution in [0, 0.1) is 0 Å². The van der Waals surface area contributed by atoms with Crippen LogP contribution in [0.4, 0.5) is 4.39 Å². The fraction of sp³-hybridized carbons (Fsp3) is 0.833. The van der Waals surface area contributed by atoms with Crippen LogP contribution in [-0.4, -0.2) is 23.5 Å². The Labute approximate surface area is 88.0 Å². The first-order valence-corrected chi connectivity index (χ1v) is 5.77. The molecule has 0 bridgehead atoms. The maximum atomic E-state index is 12.9. The minimum Gasteiger partial charge on any atom is -0.294 e. The van der Waals surface area contributed by atoms with Gasteiger partial charge in [0, 0.05) is 25.0 Å². The number of hydrogen-bond donors (Lipinski definition) is 0. The summed E-state index contributed by atoms with van der Waals surface area (Å²) in [4.78, 5) is 2.35. The molecule has 1 aliphatic rings. The molecule has 84 valence electrons. The van der Waals surface area contributed by atoms with E-state index in [-0.39, 0.29) is 5.83 Å². The van der Waals surface area contributed by atoms with Gasteiger partial charge in [-0.15, -0.1) is 0 Å². The quantitative estimate of drug-likeness (QED) is 0.657. The summed E-state index contributed by atoms with van der Waals surface area (Å²) in [6.45, 7) is 11.3. The molecule has 0 N–H and O–H groups in total. The third kappa shape index (κ3) is 3.79. The highest BCUT2D eigenvalue weighted by atomic mass is 19.1. The lowest BCUT2D eigenvalue weighted by Crippen LogP contribution is -2.42. The van der Waals surface area contributed by atoms with Gasteiger partial charge in [0.15, 0.2) is 0 Å². The topological polar surface area (TPSA) is 3.24 Å². The van der Waals surface area contributed by atoms with Gasteiger partial charge in [0.05, 0.1) is 5.83 Å². The van der Waals surface area contributed by atoms with E-state index in [4.69, 9.17) is 0 Å². The zero-order chi connectivity index (χ0) is 11.1. The first kappa shape index (κ1) is 13.6. The molecule has 1 heterocycles. The van der Waals surface area contributed by atoms with E-state index >= 15 is 0 Å². The SMILES string of the molecule is CC.CCC1C=C(F)CCN1C(C)C. The van der Waals surface area contributed by atoms with Gasteiger partial charge < -0.3 is 0 Å². The molecule has 2 heteroatoms. The summed E-state index contributed by atoms with van der Waals surface area (Å²) in [6.07, 6.45) is 3.36. The first-order chi connectivity index (χ1) is 6.65. The Kier molecular flexibility index (Phi) is 6.81. The van der Waals surface area contributed by atoms with Crippen LogP contribution >= 0.6 is 0 Å². The van der Waals surface area contributed by atoms with Gasteiger partial charge in [-0.3, -0.25) is 4.90 Å². The van der Waals surface area contributed by atoms with Crippen molar-refractivity contribution in [2.75, 3.05) is 6.54 Å². The molecule has 0 aromatic carbocycles. The average molecular weight is 201 g/mol. The smallest absolute Gasteiger partial charge is 0.0988 e. The summed E-state index contributed by atoms with van der Waals surface area (Å²) in [5, 5.41) is 0. The largest absolute Gasteiger partial charge is 0.294 e. The second kappa shape index (κ2) is 6.99. The Bertz CT molecular complexity index is 175. The normalized spacial score (nSPS) is 22.8. The molecular formula is C12H24FN. The Morgan fingerprint density at radius 2 is 2.07 bits per heavy atom. The highest BCUT2D eigenvalue weighted by Crippen LogP contribution is 2.21. The maximum absolute atomic E-state index is 12.9. The molecule has 0 spiro atoms. The maximum Gasteiger partial charge on any atom is 0.0988 e.